The van der Waals surface area contributed by atoms with Gasteiger partial charge < -0.3 is 14.7 Å². The number of nitrogens with one attached hydrogen (secondary N) is 1. The lowest BCUT2D eigenvalue weighted by Crippen LogP contribution is -2.32. The molecule has 0 unspecified atom stereocenters. The number of hydrogen-bond acceptors (Lipinski definition) is 6. The van der Waals surface area contributed by atoms with Crippen LogP contribution >= 0.6 is 11.3 Å². The van der Waals surface area contributed by atoms with Crippen LogP contribution in [-0.4, -0.2) is 35.7 Å². The smallest absolute Gasteiger partial charge is 0.243 e. The SMILES string of the molecule is C[C@@H](NC[C@@H](c1cccs1)N(C)C)c1nc(C(C)(C)C)no1. The Kier molecular flexibility index (Phi) is 5.36. The van der Waals surface area contributed by atoms with E-state index in [1.165, 1.54) is 4.88 Å². The average Bonchev–Trinajstić information content (AvgIpc) is 3.09. The molecule has 0 aliphatic rings. The van der Waals surface area contributed by atoms with Crippen molar-refractivity contribution in [3.8, 4) is 0 Å². The van der Waals surface area contributed by atoms with E-state index in [-0.39, 0.29) is 11.5 Å². The van der Waals surface area contributed by atoms with Gasteiger partial charge in [0.1, 0.15) is 0 Å². The van der Waals surface area contributed by atoms with Gasteiger partial charge in [0.15, 0.2) is 5.82 Å². The Bertz CT molecular complexity index is 571. The number of thiophene rings is 1. The van der Waals surface area contributed by atoms with Gasteiger partial charge in [-0.25, -0.2) is 0 Å². The van der Waals surface area contributed by atoms with Crippen molar-refractivity contribution in [1.29, 1.82) is 0 Å². The summed E-state index contributed by atoms with van der Waals surface area (Å²) in [6, 6.07) is 4.64. The van der Waals surface area contributed by atoms with Crippen LogP contribution in [0.4, 0.5) is 0 Å². The Labute approximate surface area is 136 Å². The monoisotopic (exact) mass is 322 g/mol. The summed E-state index contributed by atoms with van der Waals surface area (Å²) < 4.78 is 5.40. The van der Waals surface area contributed by atoms with Crippen molar-refractivity contribution >= 4 is 11.3 Å². The van der Waals surface area contributed by atoms with Gasteiger partial charge in [-0.05, 0) is 32.5 Å². The lowest BCUT2D eigenvalue weighted by Gasteiger charge is -2.24. The largest absolute Gasteiger partial charge is 0.338 e. The predicted molar refractivity (Wildman–Crippen MR) is 90.2 cm³/mol. The van der Waals surface area contributed by atoms with Crippen molar-refractivity contribution in [2.75, 3.05) is 20.6 Å². The minimum Gasteiger partial charge on any atom is -0.338 e. The molecule has 0 aliphatic carbocycles. The van der Waals surface area contributed by atoms with Crippen molar-refractivity contribution in [3.63, 3.8) is 0 Å². The highest BCUT2D eigenvalue weighted by Crippen LogP contribution is 2.24. The number of rotatable bonds is 6. The first kappa shape index (κ1) is 17.1. The van der Waals surface area contributed by atoms with Crippen molar-refractivity contribution in [2.24, 2.45) is 0 Å². The Morgan fingerprint density at radius 1 is 1.36 bits per heavy atom. The first-order valence-corrected chi connectivity index (χ1v) is 8.44. The van der Waals surface area contributed by atoms with Crippen LogP contribution in [0.3, 0.4) is 0 Å². The third-order valence-electron chi connectivity index (χ3n) is 3.60. The van der Waals surface area contributed by atoms with E-state index in [1.807, 2.05) is 0 Å². The molecule has 2 heterocycles. The summed E-state index contributed by atoms with van der Waals surface area (Å²) in [5.41, 5.74) is -0.0926. The van der Waals surface area contributed by atoms with E-state index in [1.54, 1.807) is 11.3 Å². The van der Waals surface area contributed by atoms with Crippen LogP contribution in [0.1, 0.15) is 56.4 Å². The van der Waals surface area contributed by atoms with Gasteiger partial charge in [0.05, 0.1) is 12.1 Å². The molecular weight excluding hydrogens is 296 g/mol. The molecule has 0 aliphatic heterocycles. The van der Waals surface area contributed by atoms with E-state index >= 15 is 0 Å². The number of aromatic nitrogens is 2. The molecule has 2 rings (SSSR count). The summed E-state index contributed by atoms with van der Waals surface area (Å²) in [7, 11) is 4.20. The summed E-state index contributed by atoms with van der Waals surface area (Å²) in [5.74, 6) is 1.40. The molecule has 1 N–H and O–H groups in total. The van der Waals surface area contributed by atoms with E-state index in [9.17, 15) is 0 Å². The van der Waals surface area contributed by atoms with Crippen LogP contribution in [0.25, 0.3) is 0 Å². The number of likely N-dealkylation sites (N-methyl/N-ethyl adjacent to an activating group) is 1. The minimum absolute atomic E-state index is 0.0333. The van der Waals surface area contributed by atoms with E-state index in [4.69, 9.17) is 4.52 Å². The lowest BCUT2D eigenvalue weighted by molar-refractivity contribution is 0.271. The fourth-order valence-corrected chi connectivity index (χ4v) is 3.03. The molecule has 2 aromatic rings. The quantitative estimate of drug-likeness (QED) is 0.883. The summed E-state index contributed by atoms with van der Waals surface area (Å²) >= 11 is 1.78. The Balaban J connectivity index is 1.99. The third-order valence-corrected chi connectivity index (χ3v) is 4.57. The zero-order valence-electron chi connectivity index (χ0n) is 14.3. The minimum atomic E-state index is -0.0926. The molecule has 0 amide bonds. The standard InChI is InChI=1S/C16H26N4OS/c1-11(14-18-15(19-21-14)16(2,3)4)17-10-12(20(5)6)13-8-7-9-22-13/h7-9,11-12,17H,10H2,1-6H3/t11-,12+/m1/s1. The fourth-order valence-electron chi connectivity index (χ4n) is 2.11. The van der Waals surface area contributed by atoms with Crippen LogP contribution in [0.2, 0.25) is 0 Å². The number of nitrogens with zero attached hydrogens (tertiary/aromatic N) is 3. The van der Waals surface area contributed by atoms with Crippen molar-refractivity contribution in [1.82, 2.24) is 20.4 Å². The highest BCUT2D eigenvalue weighted by Gasteiger charge is 2.24. The molecule has 0 bridgehead atoms. The van der Waals surface area contributed by atoms with Crippen molar-refractivity contribution < 1.29 is 4.52 Å². The molecule has 122 valence electrons. The molecule has 0 spiro atoms. The lowest BCUT2D eigenvalue weighted by atomic mass is 9.96. The average molecular weight is 322 g/mol. The first-order chi connectivity index (χ1) is 10.3. The predicted octanol–water partition coefficient (Wildman–Crippen LogP) is 3.38. The highest BCUT2D eigenvalue weighted by molar-refractivity contribution is 7.10. The van der Waals surface area contributed by atoms with Gasteiger partial charge in [0.25, 0.3) is 0 Å². The van der Waals surface area contributed by atoms with Crippen LogP contribution in [-0.2, 0) is 5.41 Å². The Hall–Kier alpha value is -1.24. The topological polar surface area (TPSA) is 54.2 Å². The van der Waals surface area contributed by atoms with E-state index in [0.29, 0.717) is 11.9 Å². The Morgan fingerprint density at radius 3 is 2.59 bits per heavy atom. The number of hydrogen-bond donors (Lipinski definition) is 1. The third kappa shape index (κ3) is 4.15. The second-order valence-electron chi connectivity index (χ2n) is 6.83. The van der Waals surface area contributed by atoms with Gasteiger partial charge in [0.2, 0.25) is 5.89 Å². The molecule has 0 radical (unpaired) electrons. The van der Waals surface area contributed by atoms with Gasteiger partial charge in [-0.15, -0.1) is 11.3 Å². The molecule has 2 aromatic heterocycles. The zero-order valence-corrected chi connectivity index (χ0v) is 15.1. The second kappa shape index (κ2) is 6.89. The molecule has 0 fully saturated rings. The molecular formula is C16H26N4OS. The van der Waals surface area contributed by atoms with Crippen molar-refractivity contribution in [3.05, 3.63) is 34.1 Å². The van der Waals surface area contributed by atoms with Crippen LogP contribution < -0.4 is 5.32 Å². The van der Waals surface area contributed by atoms with E-state index in [0.717, 1.165) is 12.4 Å². The van der Waals surface area contributed by atoms with Gasteiger partial charge >= 0.3 is 0 Å². The van der Waals surface area contributed by atoms with Crippen LogP contribution in [0, 0.1) is 0 Å². The summed E-state index contributed by atoms with van der Waals surface area (Å²) in [4.78, 5) is 8.09. The molecule has 2 atom stereocenters. The molecule has 0 aromatic carbocycles. The van der Waals surface area contributed by atoms with Crippen LogP contribution in [0.15, 0.2) is 22.0 Å². The molecule has 22 heavy (non-hydrogen) atoms. The van der Waals surface area contributed by atoms with Crippen molar-refractivity contribution in [2.45, 2.75) is 45.2 Å². The maximum absolute atomic E-state index is 5.40. The first-order valence-electron chi connectivity index (χ1n) is 7.56. The normalized spacial score (nSPS) is 15.2. The van der Waals surface area contributed by atoms with Crippen LogP contribution in [0.5, 0.6) is 0 Å². The molecule has 6 heteroatoms. The maximum Gasteiger partial charge on any atom is 0.243 e. The Morgan fingerprint density at radius 2 is 2.09 bits per heavy atom. The summed E-state index contributed by atoms with van der Waals surface area (Å²) in [6.07, 6.45) is 0. The fraction of sp³-hybridized carbons (Fsp3) is 0.625. The molecule has 0 saturated carbocycles. The highest BCUT2D eigenvalue weighted by atomic mass is 32.1. The summed E-state index contributed by atoms with van der Waals surface area (Å²) in [6.45, 7) is 9.14. The van der Waals surface area contributed by atoms with Gasteiger partial charge in [-0.1, -0.05) is 32.0 Å². The zero-order chi connectivity index (χ0) is 16.3. The summed E-state index contributed by atoms with van der Waals surface area (Å²) in [5, 5.41) is 9.70. The van der Waals surface area contributed by atoms with Gasteiger partial charge in [-0.3, -0.25) is 0 Å². The van der Waals surface area contributed by atoms with E-state index in [2.05, 4.69) is 79.7 Å². The molecule has 5 nitrogen and oxygen atoms in total. The molecule has 0 saturated heterocycles. The van der Waals surface area contributed by atoms with Gasteiger partial charge in [-0.2, -0.15) is 4.98 Å². The van der Waals surface area contributed by atoms with E-state index < -0.39 is 0 Å². The van der Waals surface area contributed by atoms with Gasteiger partial charge in [0, 0.05) is 16.8 Å². The second-order valence-corrected chi connectivity index (χ2v) is 7.81. The maximum atomic E-state index is 5.40.